The van der Waals surface area contributed by atoms with Gasteiger partial charge >= 0.3 is 26.2 Å². The van der Waals surface area contributed by atoms with E-state index in [1.807, 2.05) is 0 Å². The monoisotopic (exact) mass is 423 g/mol. The molecular weight excluding hydrogens is 406 g/mol. The van der Waals surface area contributed by atoms with Crippen molar-refractivity contribution in [3.05, 3.63) is 48.1 Å². The molecular formula is C18H19Cl2SiZr. The van der Waals surface area contributed by atoms with Gasteiger partial charge in [0, 0.05) is 8.07 Å². The first-order valence-corrected chi connectivity index (χ1v) is 9.82. The number of allylic oxidation sites excluding steroid dienone is 4. The summed E-state index contributed by atoms with van der Waals surface area (Å²) < 4.78 is 0. The number of rotatable bonds is 3. The third-order valence-electron chi connectivity index (χ3n) is 5.17. The van der Waals surface area contributed by atoms with Crippen LogP contribution in [0.25, 0.3) is 16.3 Å². The fourth-order valence-electron chi connectivity index (χ4n) is 3.99. The van der Waals surface area contributed by atoms with Crippen molar-refractivity contribution in [1.82, 2.24) is 0 Å². The van der Waals surface area contributed by atoms with Crippen LogP contribution in [-0.2, 0) is 26.2 Å². The van der Waals surface area contributed by atoms with E-state index >= 15 is 0 Å². The Morgan fingerprint density at radius 2 is 1.86 bits per heavy atom. The number of hydrogen-bond donors (Lipinski definition) is 0. The van der Waals surface area contributed by atoms with Crippen LogP contribution in [0.1, 0.15) is 25.8 Å². The van der Waals surface area contributed by atoms with Crippen molar-refractivity contribution >= 4 is 34.8 Å². The van der Waals surface area contributed by atoms with Gasteiger partial charge in [-0.3, -0.25) is 0 Å². The third kappa shape index (κ3) is 2.57. The Balaban J connectivity index is 0.000000807. The van der Waals surface area contributed by atoms with Crippen LogP contribution < -0.4 is 35.2 Å². The maximum absolute atomic E-state index is 2.50. The van der Waals surface area contributed by atoms with Crippen LogP contribution in [0.5, 0.6) is 0 Å². The number of hydrogen-bond acceptors (Lipinski definition) is 0. The molecule has 0 fully saturated rings. The SMILES string of the molecule is CC[Si]1(CC)c2[cH-]c3cccc(C4=CC=CC4)c3c21.[Cl-].[Cl-].[Zr+3]. The van der Waals surface area contributed by atoms with Gasteiger partial charge in [0.1, 0.15) is 0 Å². The molecule has 2 aromatic carbocycles. The van der Waals surface area contributed by atoms with Crippen LogP contribution in [0.4, 0.5) is 0 Å². The van der Waals surface area contributed by atoms with Crippen LogP contribution in [-0.4, -0.2) is 8.07 Å². The number of fused-ring (bicyclic) bond motifs is 3. The second-order valence-electron chi connectivity index (χ2n) is 5.82. The zero-order valence-corrected chi connectivity index (χ0v) is 17.9. The average Bonchev–Trinajstić information content (AvgIpc) is 2.85. The van der Waals surface area contributed by atoms with E-state index in [2.05, 4.69) is 56.3 Å². The molecule has 0 unspecified atom stereocenters. The summed E-state index contributed by atoms with van der Waals surface area (Å²) in [6.07, 6.45) is 7.85. The fourth-order valence-corrected chi connectivity index (χ4v) is 8.64. The molecule has 0 aromatic heterocycles. The topological polar surface area (TPSA) is 0 Å². The first kappa shape index (κ1) is 20.0. The molecule has 2 aliphatic rings. The molecule has 113 valence electrons. The van der Waals surface area contributed by atoms with Crippen molar-refractivity contribution in [2.24, 2.45) is 0 Å². The van der Waals surface area contributed by atoms with E-state index in [9.17, 15) is 0 Å². The molecule has 4 rings (SSSR count). The van der Waals surface area contributed by atoms with Crippen LogP contribution in [0.2, 0.25) is 12.1 Å². The maximum Gasteiger partial charge on any atom is 3.00 e. The second kappa shape index (κ2) is 7.26. The summed E-state index contributed by atoms with van der Waals surface area (Å²) in [5.74, 6) is 0. The van der Waals surface area contributed by atoms with E-state index in [1.165, 1.54) is 28.6 Å². The van der Waals surface area contributed by atoms with Crippen molar-refractivity contribution in [1.29, 1.82) is 0 Å². The minimum atomic E-state index is -1.15. The molecule has 1 heterocycles. The van der Waals surface area contributed by atoms with Crippen molar-refractivity contribution in [2.75, 3.05) is 0 Å². The minimum absolute atomic E-state index is 0. The Bertz CT molecular complexity index is 739. The average molecular weight is 426 g/mol. The quantitative estimate of drug-likeness (QED) is 0.388. The molecule has 0 bridgehead atoms. The van der Waals surface area contributed by atoms with E-state index in [1.54, 1.807) is 15.8 Å². The van der Waals surface area contributed by atoms with Gasteiger partial charge in [-0.15, -0.1) is 29.0 Å². The Morgan fingerprint density at radius 3 is 2.45 bits per heavy atom. The predicted molar refractivity (Wildman–Crippen MR) is 87.3 cm³/mol. The molecule has 2 aromatic rings. The van der Waals surface area contributed by atoms with Gasteiger partial charge < -0.3 is 24.8 Å². The van der Waals surface area contributed by atoms with Crippen LogP contribution >= 0.6 is 0 Å². The zero-order chi connectivity index (χ0) is 13.0. The van der Waals surface area contributed by atoms with E-state index in [-0.39, 0.29) is 51.0 Å². The smallest absolute Gasteiger partial charge is 1.00 e. The summed E-state index contributed by atoms with van der Waals surface area (Å²) in [7, 11) is -1.15. The number of benzene rings is 1. The fraction of sp³-hybridized carbons (Fsp3) is 0.278. The molecule has 1 aliphatic heterocycles. The molecule has 0 atom stereocenters. The zero-order valence-electron chi connectivity index (χ0n) is 12.9. The summed E-state index contributed by atoms with van der Waals surface area (Å²) in [4.78, 5) is 0. The van der Waals surface area contributed by atoms with Crippen molar-refractivity contribution in [3.8, 4) is 0 Å². The van der Waals surface area contributed by atoms with E-state index in [0.717, 1.165) is 6.42 Å². The summed E-state index contributed by atoms with van der Waals surface area (Å²) in [6.45, 7) is 4.78. The van der Waals surface area contributed by atoms with Gasteiger partial charge in [-0.05, 0) is 12.0 Å². The Hall–Kier alpha value is -0.01000. The minimum Gasteiger partial charge on any atom is -1.00 e. The third-order valence-corrected chi connectivity index (χ3v) is 10.2. The summed E-state index contributed by atoms with van der Waals surface area (Å²) in [5, 5.41) is 6.62. The molecule has 0 spiro atoms. The van der Waals surface area contributed by atoms with E-state index in [0.29, 0.717) is 0 Å². The molecule has 0 saturated carbocycles. The van der Waals surface area contributed by atoms with Gasteiger partial charge in [0.25, 0.3) is 0 Å². The summed E-state index contributed by atoms with van der Waals surface area (Å²) >= 11 is 0. The van der Waals surface area contributed by atoms with Gasteiger partial charge in [-0.2, -0.15) is 10.4 Å². The summed E-state index contributed by atoms with van der Waals surface area (Å²) in [5.41, 5.74) is 3.00. The molecule has 4 heteroatoms. The van der Waals surface area contributed by atoms with E-state index in [4.69, 9.17) is 0 Å². The Kier molecular flexibility index (Phi) is 6.61. The second-order valence-corrected chi connectivity index (χ2v) is 10.4. The first-order valence-electron chi connectivity index (χ1n) is 7.41. The molecule has 22 heavy (non-hydrogen) atoms. The van der Waals surface area contributed by atoms with Gasteiger partial charge in [-0.1, -0.05) is 55.8 Å². The summed E-state index contributed by atoms with van der Waals surface area (Å²) in [6, 6.07) is 12.1. The molecule has 1 aliphatic carbocycles. The van der Waals surface area contributed by atoms with Crippen LogP contribution in [0.15, 0.2) is 42.5 Å². The van der Waals surface area contributed by atoms with Crippen molar-refractivity contribution < 1.29 is 51.0 Å². The van der Waals surface area contributed by atoms with Crippen molar-refractivity contribution in [2.45, 2.75) is 32.4 Å². The maximum atomic E-state index is 2.50. The number of halogens is 2. The standard InChI is InChI=1S/C18H19Si.2ClH.Zr/c1-3-19(4-2)16-12-14-10-7-11-15(17(14)18(16)19)13-8-5-6-9-13;;;/h5-8,10-12H,3-4,9H2,1-2H3;2*1H;/q-1;;;+3/p-2. The van der Waals surface area contributed by atoms with Crippen molar-refractivity contribution in [3.63, 3.8) is 0 Å². The van der Waals surface area contributed by atoms with Crippen LogP contribution in [0.3, 0.4) is 0 Å². The molecule has 1 radical (unpaired) electrons. The Labute approximate surface area is 165 Å². The molecule has 0 saturated heterocycles. The van der Waals surface area contributed by atoms with Gasteiger partial charge in [0.2, 0.25) is 0 Å². The molecule has 0 amide bonds. The van der Waals surface area contributed by atoms with Crippen LogP contribution in [0, 0.1) is 0 Å². The Morgan fingerprint density at radius 1 is 1.14 bits per heavy atom. The largest absolute Gasteiger partial charge is 3.00 e. The van der Waals surface area contributed by atoms with Gasteiger partial charge in [0.15, 0.2) is 0 Å². The predicted octanol–water partition coefficient (Wildman–Crippen LogP) is -2.18. The first-order chi connectivity index (χ1) is 9.31. The molecule has 0 N–H and O–H groups in total. The van der Waals surface area contributed by atoms with Gasteiger partial charge in [0.05, 0.1) is 0 Å². The van der Waals surface area contributed by atoms with E-state index < -0.39 is 8.07 Å². The normalized spacial score (nSPS) is 16.2. The molecule has 0 nitrogen and oxygen atoms in total. The van der Waals surface area contributed by atoms with Gasteiger partial charge in [-0.25, -0.2) is 0 Å².